The van der Waals surface area contributed by atoms with Crippen molar-refractivity contribution in [1.82, 2.24) is 10.2 Å². The number of rotatable bonds is 12. The van der Waals surface area contributed by atoms with Crippen LogP contribution in [0.5, 0.6) is 5.75 Å². The molecule has 0 heterocycles. The molecule has 0 aliphatic carbocycles. The molecule has 8 nitrogen and oxygen atoms in total. The maximum absolute atomic E-state index is 13.9. The minimum absolute atomic E-state index is 0.0303. The number of hydrogen-bond acceptors (Lipinski definition) is 5. The van der Waals surface area contributed by atoms with Gasteiger partial charge >= 0.3 is 0 Å². The van der Waals surface area contributed by atoms with Crippen molar-refractivity contribution in [2.75, 3.05) is 24.0 Å². The highest BCUT2D eigenvalue weighted by Gasteiger charge is 2.32. The summed E-state index contributed by atoms with van der Waals surface area (Å²) in [6.45, 7) is 5.75. The summed E-state index contributed by atoms with van der Waals surface area (Å²) < 4.78 is 35.8. The van der Waals surface area contributed by atoms with Crippen molar-refractivity contribution >= 4 is 59.4 Å². The molecule has 3 aromatic rings. The van der Waals surface area contributed by atoms with E-state index in [1.165, 1.54) is 17.0 Å². The molecule has 0 saturated heterocycles. The maximum Gasteiger partial charge on any atom is 0.264 e. The highest BCUT2D eigenvalue weighted by molar-refractivity contribution is 9.10. The number of sulfonamides is 1. The van der Waals surface area contributed by atoms with Crippen molar-refractivity contribution < 1.29 is 22.7 Å². The van der Waals surface area contributed by atoms with E-state index < -0.39 is 28.5 Å². The van der Waals surface area contributed by atoms with Gasteiger partial charge in [-0.1, -0.05) is 44.0 Å². The summed E-state index contributed by atoms with van der Waals surface area (Å²) in [5, 5.41) is 2.75. The molecule has 0 radical (unpaired) electrons. The predicted octanol–water partition coefficient (Wildman–Crippen LogP) is 5.36. The van der Waals surface area contributed by atoms with Gasteiger partial charge in [-0.2, -0.15) is 0 Å². The Morgan fingerprint density at radius 1 is 0.949 bits per heavy atom. The maximum atomic E-state index is 13.9. The van der Waals surface area contributed by atoms with Crippen LogP contribution in [0.3, 0.4) is 0 Å². The molecule has 3 aromatic carbocycles. The van der Waals surface area contributed by atoms with Crippen LogP contribution in [0.1, 0.15) is 26.3 Å². The van der Waals surface area contributed by atoms with Crippen LogP contribution in [0.2, 0.25) is 0 Å². The summed E-state index contributed by atoms with van der Waals surface area (Å²) in [5.74, 6) is -0.276. The van der Waals surface area contributed by atoms with Crippen molar-refractivity contribution in [3.63, 3.8) is 0 Å². The van der Waals surface area contributed by atoms with E-state index in [-0.39, 0.29) is 17.3 Å². The van der Waals surface area contributed by atoms with Gasteiger partial charge in [-0.3, -0.25) is 13.9 Å². The van der Waals surface area contributed by atoms with Gasteiger partial charge in [0.1, 0.15) is 18.3 Å². The number of amides is 2. The lowest BCUT2D eigenvalue weighted by atomic mass is 10.1. The average molecular weight is 681 g/mol. The van der Waals surface area contributed by atoms with Gasteiger partial charge < -0.3 is 15.0 Å². The standard InChI is InChI=1S/C28H31Br2N3O5S/c1-4-31-28(35)20(3)32(18-21-7-6-8-23(30)17-21)27(34)19-33(24-11-13-25(14-12-24)38-5-2)39(36,37)26-15-9-22(29)10-16-26/h6-17,20H,4-5,18-19H2,1-3H3,(H,31,35). The number of carbonyl (C=O) groups excluding carboxylic acids is 2. The number of hydrogen-bond donors (Lipinski definition) is 1. The Labute approximate surface area is 246 Å². The molecule has 0 spiro atoms. The Morgan fingerprint density at radius 3 is 2.21 bits per heavy atom. The number of nitrogens with one attached hydrogen (secondary N) is 1. The molecule has 1 atom stereocenters. The molecule has 1 N–H and O–H groups in total. The second kappa shape index (κ2) is 14.0. The smallest absolute Gasteiger partial charge is 0.264 e. The molecule has 0 bridgehead atoms. The zero-order valence-electron chi connectivity index (χ0n) is 21.9. The van der Waals surface area contributed by atoms with Crippen molar-refractivity contribution in [1.29, 1.82) is 0 Å². The Balaban J connectivity index is 2.03. The molecule has 0 aliphatic heterocycles. The Bertz CT molecular complexity index is 1380. The summed E-state index contributed by atoms with van der Waals surface area (Å²) in [7, 11) is -4.14. The topological polar surface area (TPSA) is 96.0 Å². The van der Waals surface area contributed by atoms with Crippen LogP contribution in [0, 0.1) is 0 Å². The van der Waals surface area contributed by atoms with Gasteiger partial charge in [0.25, 0.3) is 10.0 Å². The summed E-state index contributed by atoms with van der Waals surface area (Å²) in [5.41, 5.74) is 1.08. The molecule has 0 fully saturated rings. The number of carbonyl (C=O) groups is 2. The Hall–Kier alpha value is -2.89. The van der Waals surface area contributed by atoms with Gasteiger partial charge in [0.05, 0.1) is 17.2 Å². The summed E-state index contributed by atoms with van der Waals surface area (Å²) >= 11 is 6.77. The first-order valence-corrected chi connectivity index (χ1v) is 15.4. The molecule has 0 aromatic heterocycles. The van der Waals surface area contributed by atoms with E-state index >= 15 is 0 Å². The molecular formula is C28H31Br2N3O5S. The molecule has 208 valence electrons. The van der Waals surface area contributed by atoms with E-state index in [1.807, 2.05) is 31.2 Å². The monoisotopic (exact) mass is 679 g/mol. The van der Waals surface area contributed by atoms with E-state index in [2.05, 4.69) is 37.2 Å². The molecule has 2 amide bonds. The van der Waals surface area contributed by atoms with Crippen molar-refractivity contribution in [2.45, 2.75) is 38.3 Å². The number of likely N-dealkylation sites (N-methyl/N-ethyl adjacent to an activating group) is 1. The third kappa shape index (κ3) is 8.06. The van der Waals surface area contributed by atoms with Crippen LogP contribution in [0.25, 0.3) is 0 Å². The van der Waals surface area contributed by atoms with E-state index in [1.54, 1.807) is 50.2 Å². The Kier molecular flexibility index (Phi) is 11.0. The van der Waals surface area contributed by atoms with E-state index in [0.29, 0.717) is 24.6 Å². The first-order chi connectivity index (χ1) is 18.6. The van der Waals surface area contributed by atoms with E-state index in [4.69, 9.17) is 4.74 Å². The molecule has 39 heavy (non-hydrogen) atoms. The van der Waals surface area contributed by atoms with E-state index in [0.717, 1.165) is 18.8 Å². The van der Waals surface area contributed by atoms with Crippen LogP contribution >= 0.6 is 31.9 Å². The van der Waals surface area contributed by atoms with Gasteiger partial charge in [-0.15, -0.1) is 0 Å². The van der Waals surface area contributed by atoms with Crippen LogP contribution in [0.15, 0.2) is 86.6 Å². The van der Waals surface area contributed by atoms with Crippen LogP contribution < -0.4 is 14.4 Å². The third-order valence-corrected chi connectivity index (χ3v) is 8.69. The van der Waals surface area contributed by atoms with Gasteiger partial charge in [0.2, 0.25) is 11.8 Å². The molecule has 0 saturated carbocycles. The fraction of sp³-hybridized carbons (Fsp3) is 0.286. The van der Waals surface area contributed by atoms with Gasteiger partial charge in [0, 0.05) is 22.0 Å². The quantitative estimate of drug-likeness (QED) is 0.278. The normalized spacial score (nSPS) is 11.9. The minimum Gasteiger partial charge on any atom is -0.494 e. The minimum atomic E-state index is -4.14. The van der Waals surface area contributed by atoms with Crippen LogP contribution in [-0.4, -0.2) is 50.9 Å². The number of anilines is 1. The van der Waals surface area contributed by atoms with Crippen molar-refractivity contribution in [3.05, 3.63) is 87.3 Å². The first-order valence-electron chi connectivity index (χ1n) is 12.4. The lowest BCUT2D eigenvalue weighted by Crippen LogP contribution is -2.51. The zero-order chi connectivity index (χ0) is 28.6. The molecule has 0 aliphatic rings. The van der Waals surface area contributed by atoms with Crippen molar-refractivity contribution in [3.8, 4) is 5.75 Å². The molecular weight excluding hydrogens is 650 g/mol. The van der Waals surface area contributed by atoms with Gasteiger partial charge in [-0.25, -0.2) is 8.42 Å². The highest BCUT2D eigenvalue weighted by atomic mass is 79.9. The van der Waals surface area contributed by atoms with Gasteiger partial charge in [0.15, 0.2) is 0 Å². The number of halogens is 2. The SMILES string of the molecule is CCNC(=O)C(C)N(Cc1cccc(Br)c1)C(=O)CN(c1ccc(OCC)cc1)S(=O)(=O)c1ccc(Br)cc1. The lowest BCUT2D eigenvalue weighted by Gasteiger charge is -2.32. The van der Waals surface area contributed by atoms with Crippen LogP contribution in [0.4, 0.5) is 5.69 Å². The number of benzene rings is 3. The fourth-order valence-electron chi connectivity index (χ4n) is 3.87. The zero-order valence-corrected chi connectivity index (χ0v) is 25.9. The third-order valence-electron chi connectivity index (χ3n) is 5.88. The summed E-state index contributed by atoms with van der Waals surface area (Å²) in [6.07, 6.45) is 0. The average Bonchev–Trinajstić information content (AvgIpc) is 2.91. The summed E-state index contributed by atoms with van der Waals surface area (Å²) in [6, 6.07) is 19.3. The van der Waals surface area contributed by atoms with Crippen LogP contribution in [-0.2, 0) is 26.2 Å². The second-order valence-corrected chi connectivity index (χ2v) is 12.3. The molecule has 11 heteroatoms. The molecule has 1 unspecified atom stereocenters. The van der Waals surface area contributed by atoms with Gasteiger partial charge in [-0.05, 0) is 87.0 Å². The lowest BCUT2D eigenvalue weighted by molar-refractivity contribution is -0.139. The predicted molar refractivity (Wildman–Crippen MR) is 159 cm³/mol. The highest BCUT2D eigenvalue weighted by Crippen LogP contribution is 2.27. The number of ether oxygens (including phenoxy) is 1. The molecule has 3 rings (SSSR count). The largest absolute Gasteiger partial charge is 0.494 e. The number of nitrogens with zero attached hydrogens (tertiary/aromatic N) is 2. The second-order valence-electron chi connectivity index (χ2n) is 8.61. The van der Waals surface area contributed by atoms with E-state index in [9.17, 15) is 18.0 Å². The summed E-state index contributed by atoms with van der Waals surface area (Å²) in [4.78, 5) is 28.1. The van der Waals surface area contributed by atoms with Crippen molar-refractivity contribution in [2.24, 2.45) is 0 Å². The first kappa shape index (κ1) is 30.6. The fourth-order valence-corrected chi connectivity index (χ4v) is 6.00. The Morgan fingerprint density at radius 2 is 1.62 bits per heavy atom.